The lowest BCUT2D eigenvalue weighted by molar-refractivity contribution is 0.474. The van der Waals surface area contributed by atoms with Crippen molar-refractivity contribution in [2.24, 2.45) is 0 Å². The van der Waals surface area contributed by atoms with Crippen molar-refractivity contribution < 1.29 is 8.60 Å². The van der Waals surface area contributed by atoms with Crippen LogP contribution in [0.4, 0.5) is 4.39 Å². The number of benzene rings is 1. The summed E-state index contributed by atoms with van der Waals surface area (Å²) in [7, 11) is -0.615. The molecule has 1 N–H and O–H groups in total. The first kappa shape index (κ1) is 13.2. The molecule has 0 amide bonds. The molecule has 0 saturated carbocycles. The SMILES string of the molecule is O=S1CCC(NCc2ccc(F)cc2Br)CC1. The molecule has 2 nitrogen and oxygen atoms in total. The molecule has 1 aliphatic rings. The average molecular weight is 320 g/mol. The summed E-state index contributed by atoms with van der Waals surface area (Å²) in [5, 5.41) is 3.43. The molecule has 0 unspecified atom stereocenters. The first-order chi connectivity index (χ1) is 8.15. The molecule has 1 aromatic carbocycles. The molecule has 0 atom stereocenters. The van der Waals surface area contributed by atoms with Gasteiger partial charge in [0.1, 0.15) is 5.82 Å². The van der Waals surface area contributed by atoms with Crippen LogP contribution in [0.5, 0.6) is 0 Å². The highest BCUT2D eigenvalue weighted by molar-refractivity contribution is 9.10. The second-order valence-corrected chi connectivity index (χ2v) is 6.79. The first-order valence-corrected chi connectivity index (χ1v) is 7.95. The topological polar surface area (TPSA) is 29.1 Å². The Balaban J connectivity index is 1.87. The molecular weight excluding hydrogens is 305 g/mol. The summed E-state index contributed by atoms with van der Waals surface area (Å²) in [5.41, 5.74) is 1.05. The van der Waals surface area contributed by atoms with Crippen molar-refractivity contribution in [1.29, 1.82) is 0 Å². The lowest BCUT2D eigenvalue weighted by Gasteiger charge is -2.22. The van der Waals surface area contributed by atoms with Gasteiger partial charge in [-0.15, -0.1) is 0 Å². The Bertz CT molecular complexity index is 417. The number of hydrogen-bond acceptors (Lipinski definition) is 2. The van der Waals surface area contributed by atoms with Crippen molar-refractivity contribution in [3.05, 3.63) is 34.1 Å². The molecule has 0 aliphatic carbocycles. The quantitative estimate of drug-likeness (QED) is 0.927. The average Bonchev–Trinajstić information content (AvgIpc) is 2.30. The summed E-state index contributed by atoms with van der Waals surface area (Å²) in [4.78, 5) is 0. The molecule has 17 heavy (non-hydrogen) atoms. The predicted molar refractivity (Wildman–Crippen MR) is 71.8 cm³/mol. The Morgan fingerprint density at radius 3 is 2.76 bits per heavy atom. The van der Waals surface area contributed by atoms with Crippen molar-refractivity contribution in [3.8, 4) is 0 Å². The monoisotopic (exact) mass is 319 g/mol. The van der Waals surface area contributed by atoms with Gasteiger partial charge < -0.3 is 5.32 Å². The van der Waals surface area contributed by atoms with E-state index >= 15 is 0 Å². The van der Waals surface area contributed by atoms with Gasteiger partial charge in [-0.25, -0.2) is 4.39 Å². The van der Waals surface area contributed by atoms with E-state index in [1.807, 2.05) is 0 Å². The predicted octanol–water partition coefficient (Wildman–Crippen LogP) is 2.59. The number of halogens is 2. The molecule has 0 bridgehead atoms. The third-order valence-corrected chi connectivity index (χ3v) is 5.10. The van der Waals surface area contributed by atoms with E-state index in [-0.39, 0.29) is 5.82 Å². The van der Waals surface area contributed by atoms with E-state index in [2.05, 4.69) is 21.2 Å². The minimum absolute atomic E-state index is 0.228. The van der Waals surface area contributed by atoms with Crippen molar-refractivity contribution >= 4 is 26.7 Å². The van der Waals surface area contributed by atoms with E-state index in [1.165, 1.54) is 12.1 Å². The van der Waals surface area contributed by atoms with Crippen LogP contribution in [0.25, 0.3) is 0 Å². The van der Waals surface area contributed by atoms with Crippen LogP contribution in [0, 0.1) is 5.82 Å². The van der Waals surface area contributed by atoms with E-state index in [0.717, 1.165) is 40.9 Å². The van der Waals surface area contributed by atoms with Crippen molar-refractivity contribution in [2.45, 2.75) is 25.4 Å². The summed E-state index contributed by atoms with van der Waals surface area (Å²) in [6.07, 6.45) is 1.93. The van der Waals surface area contributed by atoms with E-state index in [9.17, 15) is 8.60 Å². The molecule has 2 rings (SSSR count). The zero-order valence-electron chi connectivity index (χ0n) is 9.42. The van der Waals surface area contributed by atoms with Gasteiger partial charge >= 0.3 is 0 Å². The third-order valence-electron chi connectivity index (χ3n) is 2.98. The van der Waals surface area contributed by atoms with Crippen molar-refractivity contribution in [1.82, 2.24) is 5.32 Å². The van der Waals surface area contributed by atoms with Gasteiger partial charge in [0.05, 0.1) is 0 Å². The molecule has 1 aromatic rings. The molecule has 1 fully saturated rings. The van der Waals surface area contributed by atoms with Gasteiger partial charge in [-0.3, -0.25) is 4.21 Å². The van der Waals surface area contributed by atoms with E-state index in [1.54, 1.807) is 6.07 Å². The van der Waals surface area contributed by atoms with Gasteiger partial charge in [-0.2, -0.15) is 0 Å². The number of rotatable bonds is 3. The molecule has 1 aliphatic heterocycles. The maximum absolute atomic E-state index is 12.9. The van der Waals surface area contributed by atoms with E-state index in [4.69, 9.17) is 0 Å². The fourth-order valence-corrected chi connectivity index (χ4v) is 3.71. The normalized spacial score (nSPS) is 24.8. The molecule has 0 aromatic heterocycles. The molecule has 94 valence electrons. The largest absolute Gasteiger partial charge is 0.310 e. The Labute approximate surface area is 112 Å². The second kappa shape index (κ2) is 6.07. The fourth-order valence-electron chi connectivity index (χ4n) is 1.92. The highest BCUT2D eigenvalue weighted by atomic mass is 79.9. The smallest absolute Gasteiger partial charge is 0.124 e. The number of hydrogen-bond donors (Lipinski definition) is 1. The summed E-state index contributed by atoms with van der Waals surface area (Å²) in [5.74, 6) is 1.36. The minimum atomic E-state index is -0.615. The maximum atomic E-state index is 12.9. The van der Waals surface area contributed by atoms with E-state index in [0.29, 0.717) is 6.04 Å². The lowest BCUT2D eigenvalue weighted by Crippen LogP contribution is -2.35. The lowest BCUT2D eigenvalue weighted by atomic mass is 10.1. The van der Waals surface area contributed by atoms with Crippen LogP contribution in [0.15, 0.2) is 22.7 Å². The number of nitrogens with one attached hydrogen (secondary N) is 1. The van der Waals surface area contributed by atoms with Crippen LogP contribution in [0.3, 0.4) is 0 Å². The first-order valence-electron chi connectivity index (χ1n) is 5.67. The molecule has 0 radical (unpaired) electrons. The van der Waals surface area contributed by atoms with Crippen LogP contribution in [-0.2, 0) is 17.3 Å². The van der Waals surface area contributed by atoms with Gasteiger partial charge in [0.25, 0.3) is 0 Å². The summed E-state index contributed by atoms with van der Waals surface area (Å²) < 4.78 is 24.9. The molecule has 5 heteroatoms. The Morgan fingerprint density at radius 2 is 2.12 bits per heavy atom. The van der Waals surface area contributed by atoms with Gasteiger partial charge in [0.15, 0.2) is 0 Å². The van der Waals surface area contributed by atoms with Gasteiger partial charge in [-0.05, 0) is 30.5 Å². The molecule has 1 saturated heterocycles. The van der Waals surface area contributed by atoms with Crippen LogP contribution in [0.2, 0.25) is 0 Å². The van der Waals surface area contributed by atoms with Crippen molar-refractivity contribution in [2.75, 3.05) is 11.5 Å². The standard InChI is InChI=1S/C12H15BrFNOS/c13-12-7-10(14)2-1-9(12)8-15-11-3-5-17(16)6-4-11/h1-2,7,11,15H,3-6,8H2. The van der Waals surface area contributed by atoms with Gasteiger partial charge in [-0.1, -0.05) is 22.0 Å². The second-order valence-electron chi connectivity index (χ2n) is 4.24. The zero-order valence-corrected chi connectivity index (χ0v) is 11.8. The highest BCUT2D eigenvalue weighted by Crippen LogP contribution is 2.18. The van der Waals surface area contributed by atoms with Gasteiger partial charge in [0.2, 0.25) is 0 Å². The summed E-state index contributed by atoms with van der Waals surface area (Å²) in [6, 6.07) is 5.17. The van der Waals surface area contributed by atoms with Crippen LogP contribution in [-0.4, -0.2) is 21.8 Å². The van der Waals surface area contributed by atoms with Crippen LogP contribution >= 0.6 is 15.9 Å². The van der Waals surface area contributed by atoms with Gasteiger partial charge in [0, 0.05) is 39.4 Å². The van der Waals surface area contributed by atoms with Crippen molar-refractivity contribution in [3.63, 3.8) is 0 Å². The highest BCUT2D eigenvalue weighted by Gasteiger charge is 2.17. The molecule has 1 heterocycles. The van der Waals surface area contributed by atoms with E-state index < -0.39 is 10.8 Å². The summed E-state index contributed by atoms with van der Waals surface area (Å²) >= 11 is 3.35. The van der Waals surface area contributed by atoms with Crippen LogP contribution < -0.4 is 5.32 Å². The Morgan fingerprint density at radius 1 is 1.41 bits per heavy atom. The molecule has 0 spiro atoms. The Kier molecular flexibility index (Phi) is 4.70. The third kappa shape index (κ3) is 3.86. The summed E-state index contributed by atoms with van der Waals surface area (Å²) in [6.45, 7) is 0.720. The van der Waals surface area contributed by atoms with Crippen LogP contribution in [0.1, 0.15) is 18.4 Å². The zero-order chi connectivity index (χ0) is 12.3. The molecular formula is C12H15BrFNOS. The minimum Gasteiger partial charge on any atom is -0.310 e. The maximum Gasteiger partial charge on any atom is 0.124 e. The Hall–Kier alpha value is -0.260. The fraction of sp³-hybridized carbons (Fsp3) is 0.500.